The molecule has 0 radical (unpaired) electrons. The Morgan fingerprint density at radius 3 is 2.79 bits per heavy atom. The van der Waals surface area contributed by atoms with E-state index in [1.165, 1.54) is 24.9 Å². The molecule has 0 N–H and O–H groups in total. The lowest BCUT2D eigenvalue weighted by molar-refractivity contribution is 0.122. The molecular formula is C15H23N3O. The maximum atomic E-state index is 5.38. The van der Waals surface area contributed by atoms with Gasteiger partial charge in [-0.3, -0.25) is 4.90 Å². The first-order valence-corrected chi connectivity index (χ1v) is 7.41. The van der Waals surface area contributed by atoms with Crippen LogP contribution >= 0.6 is 0 Å². The molecule has 0 saturated carbocycles. The van der Waals surface area contributed by atoms with Gasteiger partial charge in [0.2, 0.25) is 0 Å². The molecule has 19 heavy (non-hydrogen) atoms. The Hall–Kier alpha value is -1.13. The Morgan fingerprint density at radius 1 is 1.26 bits per heavy atom. The number of rotatable bonds is 3. The van der Waals surface area contributed by atoms with Crippen molar-refractivity contribution in [2.75, 3.05) is 44.3 Å². The Labute approximate surface area is 115 Å². The summed E-state index contributed by atoms with van der Waals surface area (Å²) < 4.78 is 5.38. The van der Waals surface area contributed by atoms with Gasteiger partial charge in [0, 0.05) is 25.3 Å². The summed E-state index contributed by atoms with van der Waals surface area (Å²) in [6.45, 7) is 8.15. The third-order valence-electron chi connectivity index (χ3n) is 4.26. The van der Waals surface area contributed by atoms with Gasteiger partial charge in [0.05, 0.1) is 13.2 Å². The summed E-state index contributed by atoms with van der Waals surface area (Å²) in [5.74, 6) is 1.09. The average Bonchev–Trinajstić information content (AvgIpc) is 2.97. The smallest absolute Gasteiger partial charge is 0.128 e. The highest BCUT2D eigenvalue weighted by molar-refractivity contribution is 5.40. The van der Waals surface area contributed by atoms with Crippen LogP contribution in [0.3, 0.4) is 0 Å². The lowest BCUT2D eigenvalue weighted by Gasteiger charge is -2.28. The van der Waals surface area contributed by atoms with E-state index < -0.39 is 0 Å². The van der Waals surface area contributed by atoms with E-state index >= 15 is 0 Å². The van der Waals surface area contributed by atoms with Crippen LogP contribution < -0.4 is 4.90 Å². The first kappa shape index (κ1) is 12.9. The number of hydrogen-bond donors (Lipinski definition) is 0. The van der Waals surface area contributed by atoms with Gasteiger partial charge in [-0.05, 0) is 37.6 Å². The van der Waals surface area contributed by atoms with Gasteiger partial charge in [-0.1, -0.05) is 13.0 Å². The number of morpholine rings is 1. The number of likely N-dealkylation sites (tertiary alicyclic amines) is 1. The van der Waals surface area contributed by atoms with Gasteiger partial charge in [-0.15, -0.1) is 0 Å². The molecule has 0 aliphatic carbocycles. The molecule has 4 heteroatoms. The molecule has 2 aliphatic heterocycles. The Morgan fingerprint density at radius 2 is 2.11 bits per heavy atom. The largest absolute Gasteiger partial charge is 0.378 e. The zero-order valence-electron chi connectivity index (χ0n) is 11.7. The minimum atomic E-state index is 0.580. The summed E-state index contributed by atoms with van der Waals surface area (Å²) in [5, 5.41) is 0. The van der Waals surface area contributed by atoms with E-state index in [1.807, 2.05) is 0 Å². The predicted octanol–water partition coefficient (Wildman–Crippen LogP) is 2.08. The van der Waals surface area contributed by atoms with Crippen molar-refractivity contribution in [2.45, 2.75) is 25.8 Å². The summed E-state index contributed by atoms with van der Waals surface area (Å²) in [5.41, 5.74) is 1.37. The number of hydrogen-bond acceptors (Lipinski definition) is 4. The first-order chi connectivity index (χ1) is 9.38. The molecule has 0 unspecified atom stereocenters. The predicted molar refractivity (Wildman–Crippen MR) is 76.5 cm³/mol. The molecule has 1 aromatic rings. The van der Waals surface area contributed by atoms with Crippen LogP contribution in [0.5, 0.6) is 0 Å². The van der Waals surface area contributed by atoms with Crippen LogP contribution in [-0.2, 0) is 4.74 Å². The van der Waals surface area contributed by atoms with E-state index in [1.54, 1.807) is 0 Å². The van der Waals surface area contributed by atoms with Crippen molar-refractivity contribution in [3.8, 4) is 0 Å². The molecular weight excluding hydrogens is 238 g/mol. The van der Waals surface area contributed by atoms with E-state index in [9.17, 15) is 0 Å². The molecule has 2 fully saturated rings. The molecule has 1 aromatic heterocycles. The SMILES string of the molecule is CCN1CCC[C@@H]1c1ccc(N2CCOCC2)nc1. The number of nitrogens with zero attached hydrogens (tertiary/aromatic N) is 3. The van der Waals surface area contributed by atoms with E-state index in [4.69, 9.17) is 4.74 Å². The number of anilines is 1. The summed E-state index contributed by atoms with van der Waals surface area (Å²) in [4.78, 5) is 9.51. The van der Waals surface area contributed by atoms with Crippen LogP contribution in [0.15, 0.2) is 18.3 Å². The third kappa shape index (κ3) is 2.74. The molecule has 104 valence electrons. The Kier molecular flexibility index (Phi) is 3.99. The third-order valence-corrected chi connectivity index (χ3v) is 4.26. The standard InChI is InChI=1S/C15H23N3O/c1-2-17-7-3-4-14(17)13-5-6-15(16-12-13)18-8-10-19-11-9-18/h5-6,12,14H,2-4,7-11H2,1H3/t14-/m1/s1. The fraction of sp³-hybridized carbons (Fsp3) is 0.667. The maximum Gasteiger partial charge on any atom is 0.128 e. The van der Waals surface area contributed by atoms with Crippen LogP contribution in [0.2, 0.25) is 0 Å². The summed E-state index contributed by atoms with van der Waals surface area (Å²) in [7, 11) is 0. The lowest BCUT2D eigenvalue weighted by Crippen LogP contribution is -2.36. The van der Waals surface area contributed by atoms with Crippen LogP contribution in [0, 0.1) is 0 Å². The van der Waals surface area contributed by atoms with E-state index in [-0.39, 0.29) is 0 Å². The van der Waals surface area contributed by atoms with Gasteiger partial charge in [0.15, 0.2) is 0 Å². The Bertz CT molecular complexity index is 400. The second kappa shape index (κ2) is 5.88. The zero-order chi connectivity index (χ0) is 13.1. The fourth-order valence-corrected chi connectivity index (χ4v) is 3.16. The molecule has 0 amide bonds. The highest BCUT2D eigenvalue weighted by atomic mass is 16.5. The second-order valence-electron chi connectivity index (χ2n) is 5.34. The normalized spacial score (nSPS) is 24.9. The van der Waals surface area contributed by atoms with Gasteiger partial charge >= 0.3 is 0 Å². The van der Waals surface area contributed by atoms with E-state index in [2.05, 4.69) is 40.0 Å². The molecule has 2 saturated heterocycles. The van der Waals surface area contributed by atoms with Gasteiger partial charge in [0.25, 0.3) is 0 Å². The van der Waals surface area contributed by atoms with Crippen LogP contribution in [-0.4, -0.2) is 49.3 Å². The number of pyridine rings is 1. The van der Waals surface area contributed by atoms with Crippen molar-refractivity contribution in [3.63, 3.8) is 0 Å². The maximum absolute atomic E-state index is 5.38. The molecule has 3 heterocycles. The van der Waals surface area contributed by atoms with E-state index in [0.717, 1.165) is 38.7 Å². The summed E-state index contributed by atoms with van der Waals surface area (Å²) >= 11 is 0. The minimum absolute atomic E-state index is 0.580. The molecule has 0 spiro atoms. The number of ether oxygens (including phenoxy) is 1. The van der Waals surface area contributed by atoms with Gasteiger partial charge < -0.3 is 9.64 Å². The monoisotopic (exact) mass is 261 g/mol. The number of aromatic nitrogens is 1. The van der Waals surface area contributed by atoms with Gasteiger partial charge in [0.1, 0.15) is 5.82 Å². The topological polar surface area (TPSA) is 28.6 Å². The van der Waals surface area contributed by atoms with Crippen molar-refractivity contribution in [2.24, 2.45) is 0 Å². The highest BCUT2D eigenvalue weighted by Gasteiger charge is 2.24. The van der Waals surface area contributed by atoms with Crippen molar-refractivity contribution in [1.82, 2.24) is 9.88 Å². The van der Waals surface area contributed by atoms with Crippen molar-refractivity contribution in [3.05, 3.63) is 23.9 Å². The summed E-state index contributed by atoms with van der Waals surface area (Å²) in [6, 6.07) is 5.01. The first-order valence-electron chi connectivity index (χ1n) is 7.41. The highest BCUT2D eigenvalue weighted by Crippen LogP contribution is 2.31. The van der Waals surface area contributed by atoms with Crippen LogP contribution in [0.1, 0.15) is 31.4 Å². The molecule has 2 aliphatic rings. The second-order valence-corrected chi connectivity index (χ2v) is 5.34. The average molecular weight is 261 g/mol. The van der Waals surface area contributed by atoms with Crippen molar-refractivity contribution < 1.29 is 4.74 Å². The lowest BCUT2D eigenvalue weighted by atomic mass is 10.1. The van der Waals surface area contributed by atoms with Gasteiger partial charge in [-0.2, -0.15) is 0 Å². The fourth-order valence-electron chi connectivity index (χ4n) is 3.16. The van der Waals surface area contributed by atoms with Crippen LogP contribution in [0.4, 0.5) is 5.82 Å². The van der Waals surface area contributed by atoms with Gasteiger partial charge in [-0.25, -0.2) is 4.98 Å². The van der Waals surface area contributed by atoms with Crippen molar-refractivity contribution in [1.29, 1.82) is 0 Å². The van der Waals surface area contributed by atoms with E-state index in [0.29, 0.717) is 6.04 Å². The van der Waals surface area contributed by atoms with Crippen molar-refractivity contribution >= 4 is 5.82 Å². The zero-order valence-corrected chi connectivity index (χ0v) is 11.7. The molecule has 4 nitrogen and oxygen atoms in total. The summed E-state index contributed by atoms with van der Waals surface area (Å²) in [6.07, 6.45) is 4.65. The van der Waals surface area contributed by atoms with Crippen LogP contribution in [0.25, 0.3) is 0 Å². The molecule has 0 bridgehead atoms. The Balaban J connectivity index is 1.71. The molecule has 1 atom stereocenters. The molecule has 0 aromatic carbocycles. The molecule has 3 rings (SSSR count). The quantitative estimate of drug-likeness (QED) is 0.833. The minimum Gasteiger partial charge on any atom is -0.378 e.